The summed E-state index contributed by atoms with van der Waals surface area (Å²) in [5, 5.41) is 0. The quantitative estimate of drug-likeness (QED) is 0.392. The molecule has 0 saturated heterocycles. The maximum absolute atomic E-state index is 11.3. The van der Waals surface area contributed by atoms with Crippen LogP contribution in [0.3, 0.4) is 0 Å². The van der Waals surface area contributed by atoms with E-state index in [9.17, 15) is 4.79 Å². The molecule has 6 nitrogen and oxygen atoms in total. The second-order valence-corrected chi connectivity index (χ2v) is 6.95. The zero-order valence-electron chi connectivity index (χ0n) is 10.7. The van der Waals surface area contributed by atoms with Gasteiger partial charge in [0.1, 0.15) is 6.54 Å². The lowest BCUT2D eigenvalue weighted by atomic mass is 10.3. The van der Waals surface area contributed by atoms with Crippen molar-refractivity contribution in [3.63, 3.8) is 0 Å². The summed E-state index contributed by atoms with van der Waals surface area (Å²) in [7, 11) is -0.207. The Kier molecular flexibility index (Phi) is 3.80. The van der Waals surface area contributed by atoms with Crippen molar-refractivity contribution in [3.8, 4) is 0 Å². The van der Waals surface area contributed by atoms with Gasteiger partial charge in [0.05, 0.1) is 18.3 Å². The number of fused-ring (bicyclic) bond motifs is 1. The molecule has 1 heterocycles. The number of aliphatic imine (C=N–C) groups is 1. The summed E-state index contributed by atoms with van der Waals surface area (Å²) in [6.45, 7) is 0.120. The number of methoxy groups -OCH3 is 1. The largest absolute Gasteiger partial charge is 0.460 e. The van der Waals surface area contributed by atoms with E-state index in [4.69, 9.17) is 5.53 Å². The van der Waals surface area contributed by atoms with E-state index in [1.807, 2.05) is 36.1 Å². The second-order valence-electron chi connectivity index (χ2n) is 4.04. The molecule has 1 aliphatic rings. The van der Waals surface area contributed by atoms with E-state index in [0.717, 1.165) is 10.6 Å². The number of carbonyl (C=O) groups is 1. The molecule has 0 radical (unpaired) electrons. The Hall–Kier alpha value is -1.95. The Bertz CT molecular complexity index is 595. The van der Waals surface area contributed by atoms with Crippen LogP contribution in [0.1, 0.15) is 0 Å². The van der Waals surface area contributed by atoms with Crippen LogP contribution in [0, 0.1) is 0 Å². The number of rotatable bonds is 4. The Morgan fingerprint density at radius 2 is 2.26 bits per heavy atom. The van der Waals surface area contributed by atoms with Crippen LogP contribution in [0.15, 0.2) is 34.2 Å². The van der Waals surface area contributed by atoms with E-state index in [-0.39, 0.29) is 12.3 Å². The van der Waals surface area contributed by atoms with Crippen molar-refractivity contribution >= 4 is 33.1 Å². The van der Waals surface area contributed by atoms with Gasteiger partial charge in [-0.1, -0.05) is 12.1 Å². The van der Waals surface area contributed by atoms with Crippen LogP contribution in [-0.2, 0) is 9.53 Å². The molecule has 19 heavy (non-hydrogen) atoms. The third-order valence-electron chi connectivity index (χ3n) is 2.81. The van der Waals surface area contributed by atoms with Crippen LogP contribution in [0.4, 0.5) is 5.69 Å². The number of carbonyl (C=O) groups excluding carboxylic acids is 1. The highest BCUT2D eigenvalue weighted by molar-refractivity contribution is 8.42. The molecule has 1 aromatic rings. The molecular formula is C12H14N4O2S. The Morgan fingerprint density at radius 3 is 2.95 bits per heavy atom. The number of esters is 1. The molecule has 0 spiro atoms. The number of hydrogen-bond acceptors (Lipinski definition) is 4. The topological polar surface area (TPSA) is 87.1 Å². The summed E-state index contributed by atoms with van der Waals surface area (Å²) in [5.41, 5.74) is 11.5. The second kappa shape index (κ2) is 5.36. The number of nitrogens with one attached hydrogen (secondary N) is 1. The van der Waals surface area contributed by atoms with Crippen LogP contribution in [-0.4, -0.2) is 41.9 Å². The van der Waals surface area contributed by atoms with Gasteiger partial charge in [-0.25, -0.2) is 9.79 Å². The molecule has 1 atom stereocenters. The highest BCUT2D eigenvalue weighted by atomic mass is 32.3. The summed E-state index contributed by atoms with van der Waals surface area (Å²) < 4.78 is 7.75. The molecule has 0 amide bonds. The third-order valence-corrected chi connectivity index (χ3v) is 5.34. The first kappa shape index (κ1) is 13.5. The molecule has 1 aliphatic heterocycles. The SMILES string of the molecule is COC(=O)C(CNS1(C)C=Nc2ccccc21)=[N+]=[N-]. The summed E-state index contributed by atoms with van der Waals surface area (Å²) in [6, 6.07) is 7.81. The molecule has 100 valence electrons. The number of benzene rings is 1. The standard InChI is InChI=1S/C12H14N4O2S/c1-18-12(17)10(16-13)7-15-19(2)8-14-9-5-3-4-6-11(9)19/h3-6,8,15H,7H2,1-2H3. The summed E-state index contributed by atoms with van der Waals surface area (Å²) >= 11 is 0. The molecule has 0 saturated carbocycles. The van der Waals surface area contributed by atoms with E-state index in [1.54, 1.807) is 0 Å². The van der Waals surface area contributed by atoms with Gasteiger partial charge in [-0.15, -0.1) is 10.2 Å². The average molecular weight is 278 g/mol. The number of para-hydroxylation sites is 1. The fourth-order valence-electron chi connectivity index (χ4n) is 1.74. The summed E-state index contributed by atoms with van der Waals surface area (Å²) in [6.07, 6.45) is 2.02. The van der Waals surface area contributed by atoms with Crippen molar-refractivity contribution in [2.45, 2.75) is 4.90 Å². The van der Waals surface area contributed by atoms with Gasteiger partial charge in [-0.2, -0.15) is 4.79 Å². The number of nitrogens with zero attached hydrogens (tertiary/aromatic N) is 3. The first-order valence-electron chi connectivity index (χ1n) is 5.56. The smallest absolute Gasteiger partial charge is 0.418 e. The minimum Gasteiger partial charge on any atom is -0.460 e. The zero-order valence-corrected chi connectivity index (χ0v) is 11.5. The highest BCUT2D eigenvalue weighted by Crippen LogP contribution is 2.54. The van der Waals surface area contributed by atoms with Crippen molar-refractivity contribution in [2.24, 2.45) is 4.99 Å². The molecule has 0 bridgehead atoms. The van der Waals surface area contributed by atoms with Crippen molar-refractivity contribution < 1.29 is 14.3 Å². The first-order chi connectivity index (χ1) is 9.10. The Balaban J connectivity index is 2.15. The normalized spacial score (nSPS) is 23.1. The first-order valence-corrected chi connectivity index (χ1v) is 7.66. The van der Waals surface area contributed by atoms with Crippen LogP contribution in [0.2, 0.25) is 0 Å². The van der Waals surface area contributed by atoms with E-state index in [0.29, 0.717) is 0 Å². The van der Waals surface area contributed by atoms with Crippen molar-refractivity contribution in [3.05, 3.63) is 29.8 Å². The van der Waals surface area contributed by atoms with Crippen molar-refractivity contribution in [1.29, 1.82) is 0 Å². The van der Waals surface area contributed by atoms with Gasteiger partial charge in [0.25, 0.3) is 0 Å². The van der Waals surface area contributed by atoms with E-state index < -0.39 is 16.2 Å². The van der Waals surface area contributed by atoms with Gasteiger partial charge in [0.2, 0.25) is 0 Å². The molecule has 1 aromatic carbocycles. The lowest BCUT2D eigenvalue weighted by molar-refractivity contribution is -0.137. The molecule has 7 heteroatoms. The fraction of sp³-hybridized carbons (Fsp3) is 0.250. The maximum Gasteiger partial charge on any atom is 0.418 e. The molecule has 0 aliphatic carbocycles. The van der Waals surface area contributed by atoms with Gasteiger partial charge in [0, 0.05) is 4.90 Å². The monoisotopic (exact) mass is 278 g/mol. The molecule has 0 aromatic heterocycles. The molecule has 1 unspecified atom stereocenters. The van der Waals surface area contributed by atoms with E-state index in [1.165, 1.54) is 7.11 Å². The van der Waals surface area contributed by atoms with Crippen molar-refractivity contribution in [2.75, 3.05) is 19.9 Å². The van der Waals surface area contributed by atoms with E-state index in [2.05, 4.69) is 19.2 Å². The van der Waals surface area contributed by atoms with Crippen LogP contribution < -0.4 is 4.72 Å². The Labute approximate surface area is 112 Å². The van der Waals surface area contributed by atoms with E-state index >= 15 is 0 Å². The Morgan fingerprint density at radius 1 is 1.53 bits per heavy atom. The number of hydrogen-bond donors (Lipinski definition) is 1. The van der Waals surface area contributed by atoms with Crippen LogP contribution >= 0.6 is 10.2 Å². The third kappa shape index (κ3) is 2.58. The highest BCUT2D eigenvalue weighted by Gasteiger charge is 2.29. The van der Waals surface area contributed by atoms with Crippen LogP contribution in [0.25, 0.3) is 5.53 Å². The lowest BCUT2D eigenvalue weighted by Gasteiger charge is -2.28. The van der Waals surface area contributed by atoms with Crippen molar-refractivity contribution in [1.82, 2.24) is 4.72 Å². The minimum absolute atomic E-state index is 0.0611. The van der Waals surface area contributed by atoms with Gasteiger partial charge in [0.15, 0.2) is 0 Å². The van der Waals surface area contributed by atoms with Gasteiger partial charge in [-0.3, -0.25) is 4.72 Å². The zero-order chi connectivity index (χ0) is 13.9. The van der Waals surface area contributed by atoms with Gasteiger partial charge in [-0.05, 0) is 18.4 Å². The summed E-state index contributed by atoms with van der Waals surface area (Å²) in [5.74, 6) is -0.652. The molecular weight excluding hydrogens is 264 g/mol. The summed E-state index contributed by atoms with van der Waals surface area (Å²) in [4.78, 5) is 19.7. The van der Waals surface area contributed by atoms with Crippen LogP contribution in [0.5, 0.6) is 0 Å². The van der Waals surface area contributed by atoms with Gasteiger partial charge < -0.3 is 10.3 Å². The molecule has 1 N–H and O–H groups in total. The average Bonchev–Trinajstić information content (AvgIpc) is 2.78. The predicted octanol–water partition coefficient (Wildman–Crippen LogP) is 1.50. The maximum atomic E-state index is 11.3. The fourth-order valence-corrected chi connectivity index (χ4v) is 3.76. The predicted molar refractivity (Wildman–Crippen MR) is 75.0 cm³/mol. The molecule has 0 fully saturated rings. The number of ether oxygens (including phenoxy) is 1. The molecule has 2 rings (SSSR count). The van der Waals surface area contributed by atoms with Gasteiger partial charge >= 0.3 is 11.7 Å². The lowest BCUT2D eigenvalue weighted by Crippen LogP contribution is -2.32. The minimum atomic E-state index is -1.45.